The Balaban J connectivity index is 1.14. The van der Waals surface area contributed by atoms with Gasteiger partial charge in [0.2, 0.25) is 5.91 Å². The molecule has 3 aromatic carbocycles. The molecule has 10 nitrogen and oxygen atoms in total. The molecular weight excluding hydrogens is 586 g/mol. The van der Waals surface area contributed by atoms with E-state index in [1.165, 1.54) is 36.4 Å². The number of halogens is 2. The van der Waals surface area contributed by atoms with Crippen LogP contribution < -0.4 is 25.0 Å². The third kappa shape index (κ3) is 6.10. The monoisotopic (exact) mass is 619 g/mol. The number of carbonyl (C=O) groups excluding carboxylic acids is 1. The van der Waals surface area contributed by atoms with Crippen molar-refractivity contribution in [2.75, 3.05) is 37.7 Å². The van der Waals surface area contributed by atoms with Crippen molar-refractivity contribution in [3.63, 3.8) is 0 Å². The normalized spacial score (nSPS) is 19.2. The van der Waals surface area contributed by atoms with Crippen LogP contribution in [0.5, 0.6) is 23.0 Å². The van der Waals surface area contributed by atoms with E-state index >= 15 is 4.39 Å². The van der Waals surface area contributed by atoms with E-state index in [4.69, 9.17) is 18.9 Å². The van der Waals surface area contributed by atoms with E-state index in [1.807, 2.05) is 0 Å². The van der Waals surface area contributed by atoms with Crippen molar-refractivity contribution in [1.82, 2.24) is 4.98 Å². The van der Waals surface area contributed by atoms with Crippen LogP contribution in [0.15, 0.2) is 66.9 Å². The van der Waals surface area contributed by atoms with Crippen LogP contribution in [0.1, 0.15) is 20.8 Å². The second-order valence-electron chi connectivity index (χ2n) is 12.3. The predicted octanol–water partition coefficient (Wildman–Crippen LogP) is 6.50. The lowest BCUT2D eigenvalue weighted by Gasteiger charge is -2.37. The first-order chi connectivity index (χ1) is 21.5. The van der Waals surface area contributed by atoms with Gasteiger partial charge in [0.25, 0.3) is 6.04 Å². The Bertz CT molecular complexity index is 1780. The molecule has 2 fully saturated rings. The lowest BCUT2D eigenvalue weighted by molar-refractivity contribution is -0.540. The molecule has 2 aliphatic rings. The van der Waals surface area contributed by atoms with Crippen LogP contribution in [0.3, 0.4) is 0 Å². The van der Waals surface area contributed by atoms with Crippen LogP contribution in [-0.2, 0) is 9.53 Å². The predicted molar refractivity (Wildman–Crippen MR) is 163 cm³/mol. The number of anilines is 2. The summed E-state index contributed by atoms with van der Waals surface area (Å²) in [4.78, 5) is 30.9. The van der Waals surface area contributed by atoms with E-state index < -0.39 is 29.0 Å². The van der Waals surface area contributed by atoms with Gasteiger partial charge in [0, 0.05) is 34.8 Å². The van der Waals surface area contributed by atoms with Gasteiger partial charge in [-0.3, -0.25) is 9.78 Å². The van der Waals surface area contributed by atoms with E-state index in [-0.39, 0.29) is 22.8 Å². The average molecular weight is 620 g/mol. The Morgan fingerprint density at radius 2 is 1.71 bits per heavy atom. The van der Waals surface area contributed by atoms with Crippen LogP contribution in [-0.4, -0.2) is 48.7 Å². The van der Waals surface area contributed by atoms with Gasteiger partial charge in [0.15, 0.2) is 23.1 Å². The Kier molecular flexibility index (Phi) is 7.77. The number of hydrogen-bond donors (Lipinski definition) is 2. The molecule has 1 aromatic heterocycles. The summed E-state index contributed by atoms with van der Waals surface area (Å²) in [6.07, 6.45) is 1.55. The van der Waals surface area contributed by atoms with Gasteiger partial charge in [-0.1, -0.05) is 20.8 Å². The molecule has 4 aromatic rings. The fourth-order valence-electron chi connectivity index (χ4n) is 5.53. The van der Waals surface area contributed by atoms with Gasteiger partial charge in [-0.25, -0.2) is 8.78 Å². The number of methoxy groups -OCH3 is 1. The molecule has 1 aliphatic carbocycles. The standard InChI is InChI=1S/C33H32F2N4O6/c1-32(2)29(31(40)37-20-7-5-19(34)6-8-20)30(32)39(41)38-21-9-10-26(23(35)13-21)45-25-11-12-36-24-15-27(42-4)28(14-22(24)25)44-18-33(3)16-43-17-33/h5-15,29-30H,16-18H2,1-4H3,(H-,37,38,40,41)/p+1/t29-,30-/m0/s1. The number of amides is 1. The maximum absolute atomic E-state index is 15.3. The zero-order valence-electron chi connectivity index (χ0n) is 25.2. The minimum absolute atomic E-state index is 0.0637. The molecule has 1 aliphatic heterocycles. The smallest absolute Gasteiger partial charge is 0.253 e. The number of hydrazine groups is 1. The maximum Gasteiger partial charge on any atom is 0.253 e. The van der Waals surface area contributed by atoms with Crippen LogP contribution in [0, 0.1) is 33.3 Å². The van der Waals surface area contributed by atoms with E-state index in [1.54, 1.807) is 45.4 Å². The number of nitrogens with zero attached hydrogens (tertiary/aromatic N) is 2. The Labute approximate surface area is 258 Å². The van der Waals surface area contributed by atoms with E-state index in [2.05, 4.69) is 22.7 Å². The molecule has 234 valence electrons. The van der Waals surface area contributed by atoms with Crippen molar-refractivity contribution in [2.24, 2.45) is 16.7 Å². The SMILES string of the molecule is COc1cc2nccc(Oc3ccc(N[N+](=O)[C@H]4[C@@H](C(=O)Nc5ccc(F)cc5)C4(C)C)cc3F)c2cc1OCC1(C)COC1. The molecule has 2 heterocycles. The second kappa shape index (κ2) is 11.6. The van der Waals surface area contributed by atoms with Gasteiger partial charge in [-0.2, -0.15) is 0 Å². The van der Waals surface area contributed by atoms with Crippen molar-refractivity contribution in [3.05, 3.63) is 83.4 Å². The number of nitroso groups, excluding NO2 is 1. The van der Waals surface area contributed by atoms with Crippen molar-refractivity contribution in [1.29, 1.82) is 0 Å². The highest BCUT2D eigenvalue weighted by molar-refractivity contribution is 5.95. The van der Waals surface area contributed by atoms with Crippen LogP contribution >= 0.6 is 0 Å². The molecule has 1 saturated carbocycles. The van der Waals surface area contributed by atoms with Crippen molar-refractivity contribution in [3.8, 4) is 23.0 Å². The van der Waals surface area contributed by atoms with Crippen molar-refractivity contribution >= 4 is 28.2 Å². The molecule has 0 spiro atoms. The minimum Gasteiger partial charge on any atom is -0.493 e. The van der Waals surface area contributed by atoms with E-state index in [0.717, 1.165) is 6.07 Å². The molecule has 0 radical (unpaired) electrons. The van der Waals surface area contributed by atoms with Gasteiger partial charge in [0.1, 0.15) is 28.0 Å². The minimum atomic E-state index is -0.715. The second-order valence-corrected chi connectivity index (χ2v) is 12.3. The first-order valence-corrected chi connectivity index (χ1v) is 14.4. The number of pyridine rings is 1. The summed E-state index contributed by atoms with van der Waals surface area (Å²) in [5.74, 6) is -0.838. The number of hydrogen-bond acceptors (Lipinski definition) is 7. The highest BCUT2D eigenvalue weighted by atomic mass is 19.1. The molecule has 12 heteroatoms. The fourth-order valence-corrected chi connectivity index (χ4v) is 5.53. The quantitative estimate of drug-likeness (QED) is 0.145. The first-order valence-electron chi connectivity index (χ1n) is 14.4. The number of fused-ring (bicyclic) bond motifs is 1. The summed E-state index contributed by atoms with van der Waals surface area (Å²) in [5.41, 5.74) is 3.08. The van der Waals surface area contributed by atoms with Crippen LogP contribution in [0.4, 0.5) is 20.2 Å². The lowest BCUT2D eigenvalue weighted by atomic mass is 9.90. The molecule has 2 atom stereocenters. The molecule has 45 heavy (non-hydrogen) atoms. The number of aromatic nitrogens is 1. The summed E-state index contributed by atoms with van der Waals surface area (Å²) in [5, 5.41) is 3.31. The molecule has 0 unspecified atom stereocenters. The van der Waals surface area contributed by atoms with Gasteiger partial charge in [-0.05, 0) is 48.5 Å². The molecule has 2 N–H and O–H groups in total. The molecule has 1 amide bonds. The highest BCUT2D eigenvalue weighted by Crippen LogP contribution is 2.54. The van der Waals surface area contributed by atoms with Gasteiger partial charge < -0.3 is 24.3 Å². The first kappa shape index (κ1) is 30.2. The summed E-state index contributed by atoms with van der Waals surface area (Å²) in [6, 6.07) is 13.8. The Morgan fingerprint density at radius 3 is 2.38 bits per heavy atom. The summed E-state index contributed by atoms with van der Waals surface area (Å²) >= 11 is 0. The Hall–Kier alpha value is -4.84. The zero-order valence-corrected chi connectivity index (χ0v) is 25.2. The topological polar surface area (TPSA) is 111 Å². The van der Waals surface area contributed by atoms with Crippen molar-refractivity contribution in [2.45, 2.75) is 26.8 Å². The highest BCUT2D eigenvalue weighted by Gasteiger charge is 2.73. The molecule has 1 saturated heterocycles. The Morgan fingerprint density at radius 1 is 0.978 bits per heavy atom. The largest absolute Gasteiger partial charge is 0.493 e. The van der Waals surface area contributed by atoms with E-state index in [0.29, 0.717) is 58.5 Å². The van der Waals surface area contributed by atoms with Gasteiger partial charge >= 0.3 is 0 Å². The van der Waals surface area contributed by atoms with Crippen molar-refractivity contribution < 1.29 is 37.4 Å². The average Bonchev–Trinajstić information content (AvgIpc) is 3.59. The number of rotatable bonds is 11. The number of nitrogens with one attached hydrogen (secondary N) is 2. The summed E-state index contributed by atoms with van der Waals surface area (Å²) in [7, 11) is 1.55. The van der Waals surface area contributed by atoms with E-state index in [9.17, 15) is 14.1 Å². The zero-order chi connectivity index (χ0) is 31.9. The third-order valence-corrected chi connectivity index (χ3v) is 8.27. The maximum atomic E-state index is 15.3. The summed E-state index contributed by atoms with van der Waals surface area (Å²) in [6.45, 7) is 7.32. The lowest BCUT2D eigenvalue weighted by Crippen LogP contribution is -2.44. The number of ether oxygens (including phenoxy) is 4. The summed E-state index contributed by atoms with van der Waals surface area (Å²) < 4.78 is 51.4. The number of benzene rings is 3. The van der Waals surface area contributed by atoms with Crippen LogP contribution in [0.2, 0.25) is 0 Å². The van der Waals surface area contributed by atoms with Crippen LogP contribution in [0.25, 0.3) is 10.9 Å². The third-order valence-electron chi connectivity index (χ3n) is 8.27. The van der Waals surface area contributed by atoms with Gasteiger partial charge in [0.05, 0.1) is 42.8 Å². The van der Waals surface area contributed by atoms with Gasteiger partial charge in [-0.15, -0.1) is 5.43 Å². The fraction of sp³-hybridized carbons (Fsp3) is 0.333. The molecule has 6 rings (SSSR count). The molecule has 0 bridgehead atoms. The number of carbonyl (C=O) groups is 1. The molecular formula is C33H33F2N4O6+.